The number of benzene rings is 1. The summed E-state index contributed by atoms with van der Waals surface area (Å²) >= 11 is 5.87. The summed E-state index contributed by atoms with van der Waals surface area (Å²) in [6.07, 6.45) is 1.64. The summed E-state index contributed by atoms with van der Waals surface area (Å²) in [5, 5.41) is 1.71. The lowest BCUT2D eigenvalue weighted by Crippen LogP contribution is -1.84. The average molecular weight is 215 g/mol. The van der Waals surface area contributed by atoms with Gasteiger partial charge in [-0.2, -0.15) is 0 Å². The first-order chi connectivity index (χ1) is 7.33. The Labute approximate surface area is 91.5 Å². The van der Waals surface area contributed by atoms with E-state index in [0.717, 1.165) is 21.9 Å². The third kappa shape index (κ3) is 1.43. The predicted molar refractivity (Wildman–Crippen MR) is 62.1 cm³/mol. The fourth-order valence-corrected chi connectivity index (χ4v) is 1.78. The zero-order valence-corrected chi connectivity index (χ0v) is 8.57. The molecule has 0 saturated heterocycles. The topological polar surface area (TPSA) is 25.8 Å². The molecule has 3 heteroatoms. The normalized spacial score (nSPS) is 11.0. The van der Waals surface area contributed by atoms with E-state index in [1.165, 1.54) is 0 Å². The molecule has 3 rings (SSSR count). The molecular weight excluding hydrogens is 208 g/mol. The molecule has 0 aliphatic rings. The lowest BCUT2D eigenvalue weighted by molar-refractivity contribution is 1.38. The highest BCUT2D eigenvalue weighted by atomic mass is 35.5. The molecule has 0 aliphatic carbocycles. The number of nitrogens with zero attached hydrogens (tertiary/aromatic N) is 2. The maximum absolute atomic E-state index is 5.87. The molecule has 72 valence electrons. The zero-order valence-electron chi connectivity index (χ0n) is 7.81. The van der Waals surface area contributed by atoms with Gasteiger partial charge in [-0.25, -0.2) is 4.98 Å². The Kier molecular flexibility index (Phi) is 1.82. The number of rotatable bonds is 0. The molecular formula is C12H7ClN2. The van der Waals surface area contributed by atoms with Gasteiger partial charge in [0.15, 0.2) is 0 Å². The molecule has 0 amide bonds. The molecule has 0 unspecified atom stereocenters. The van der Waals surface area contributed by atoms with Crippen LogP contribution >= 0.6 is 11.6 Å². The molecule has 0 atom stereocenters. The summed E-state index contributed by atoms with van der Waals surface area (Å²) < 4.78 is 0. The second kappa shape index (κ2) is 3.17. The van der Waals surface area contributed by atoms with Gasteiger partial charge in [0.25, 0.3) is 0 Å². The van der Waals surface area contributed by atoms with Gasteiger partial charge in [-0.1, -0.05) is 29.8 Å². The van der Waals surface area contributed by atoms with E-state index in [-0.39, 0.29) is 0 Å². The van der Waals surface area contributed by atoms with Crippen LogP contribution in [0.25, 0.3) is 21.9 Å². The van der Waals surface area contributed by atoms with E-state index in [1.807, 2.05) is 36.4 Å². The number of hydrogen-bond donors (Lipinski definition) is 0. The lowest BCUT2D eigenvalue weighted by atomic mass is 10.2. The molecule has 0 saturated carbocycles. The smallest absolute Gasteiger partial charge is 0.0909 e. The van der Waals surface area contributed by atoms with Crippen LogP contribution in [-0.4, -0.2) is 9.97 Å². The van der Waals surface area contributed by atoms with Crippen LogP contribution in [-0.2, 0) is 0 Å². The fourth-order valence-electron chi connectivity index (χ4n) is 1.63. The van der Waals surface area contributed by atoms with Crippen molar-refractivity contribution in [1.29, 1.82) is 0 Å². The number of halogens is 1. The lowest BCUT2D eigenvalue weighted by Gasteiger charge is -2.00. The summed E-state index contributed by atoms with van der Waals surface area (Å²) in [6, 6.07) is 11.8. The summed E-state index contributed by atoms with van der Waals surface area (Å²) in [6.45, 7) is 0. The summed E-state index contributed by atoms with van der Waals surface area (Å²) in [7, 11) is 0. The van der Waals surface area contributed by atoms with Gasteiger partial charge in [0, 0.05) is 11.6 Å². The molecule has 15 heavy (non-hydrogen) atoms. The largest absolute Gasteiger partial charge is 0.253 e. The van der Waals surface area contributed by atoms with Gasteiger partial charge in [-0.3, -0.25) is 4.98 Å². The zero-order chi connectivity index (χ0) is 10.3. The highest BCUT2D eigenvalue weighted by Crippen LogP contribution is 2.19. The SMILES string of the molecule is Clc1cnc2cc3ccccc3nc2c1. The molecule has 3 aromatic rings. The Morgan fingerprint density at radius 2 is 1.80 bits per heavy atom. The highest BCUT2D eigenvalue weighted by molar-refractivity contribution is 6.31. The van der Waals surface area contributed by atoms with Crippen molar-refractivity contribution in [1.82, 2.24) is 9.97 Å². The van der Waals surface area contributed by atoms with E-state index in [9.17, 15) is 0 Å². The number of pyridine rings is 2. The quantitative estimate of drug-likeness (QED) is 0.536. The van der Waals surface area contributed by atoms with E-state index in [4.69, 9.17) is 11.6 Å². The van der Waals surface area contributed by atoms with Crippen LogP contribution in [0.15, 0.2) is 42.6 Å². The van der Waals surface area contributed by atoms with Gasteiger partial charge in [0.2, 0.25) is 0 Å². The standard InChI is InChI=1S/C12H7ClN2/c13-9-6-12-11(14-7-9)5-8-3-1-2-4-10(8)15-12/h1-7H. The molecule has 0 N–H and O–H groups in total. The average Bonchev–Trinajstić information content (AvgIpc) is 2.26. The van der Waals surface area contributed by atoms with Gasteiger partial charge in [0.1, 0.15) is 0 Å². The second-order valence-electron chi connectivity index (χ2n) is 3.37. The Hall–Kier alpha value is -1.67. The van der Waals surface area contributed by atoms with Crippen LogP contribution in [0.2, 0.25) is 5.02 Å². The van der Waals surface area contributed by atoms with Crippen molar-refractivity contribution in [3.63, 3.8) is 0 Å². The number of hydrogen-bond acceptors (Lipinski definition) is 2. The van der Waals surface area contributed by atoms with Crippen molar-refractivity contribution in [3.05, 3.63) is 47.6 Å². The molecule has 0 bridgehead atoms. The molecule has 2 heterocycles. The van der Waals surface area contributed by atoms with Crippen LogP contribution in [0.4, 0.5) is 0 Å². The maximum Gasteiger partial charge on any atom is 0.0909 e. The molecule has 1 aromatic carbocycles. The van der Waals surface area contributed by atoms with Crippen molar-refractivity contribution < 1.29 is 0 Å². The van der Waals surface area contributed by atoms with E-state index in [0.29, 0.717) is 5.02 Å². The minimum atomic E-state index is 0.616. The van der Waals surface area contributed by atoms with Crippen LogP contribution in [0, 0.1) is 0 Å². The van der Waals surface area contributed by atoms with E-state index in [2.05, 4.69) is 9.97 Å². The Balaban J connectivity index is 2.47. The van der Waals surface area contributed by atoms with Crippen molar-refractivity contribution in [3.8, 4) is 0 Å². The third-order valence-electron chi connectivity index (χ3n) is 2.33. The Morgan fingerprint density at radius 3 is 2.73 bits per heavy atom. The summed E-state index contributed by atoms with van der Waals surface area (Å²) in [4.78, 5) is 8.73. The number of para-hydroxylation sites is 1. The fraction of sp³-hybridized carbons (Fsp3) is 0. The molecule has 0 spiro atoms. The van der Waals surface area contributed by atoms with Crippen LogP contribution < -0.4 is 0 Å². The number of fused-ring (bicyclic) bond motifs is 2. The molecule has 2 aromatic heterocycles. The minimum Gasteiger partial charge on any atom is -0.253 e. The first-order valence-electron chi connectivity index (χ1n) is 4.64. The van der Waals surface area contributed by atoms with Crippen molar-refractivity contribution >= 4 is 33.5 Å². The van der Waals surface area contributed by atoms with E-state index in [1.54, 1.807) is 6.20 Å². The number of aromatic nitrogens is 2. The first-order valence-corrected chi connectivity index (χ1v) is 5.02. The minimum absolute atomic E-state index is 0.616. The molecule has 0 aliphatic heterocycles. The Bertz CT molecular complexity index is 649. The van der Waals surface area contributed by atoms with Crippen molar-refractivity contribution in [2.75, 3.05) is 0 Å². The maximum atomic E-state index is 5.87. The van der Waals surface area contributed by atoms with Gasteiger partial charge in [0.05, 0.1) is 21.6 Å². The van der Waals surface area contributed by atoms with Gasteiger partial charge < -0.3 is 0 Å². The van der Waals surface area contributed by atoms with Crippen LogP contribution in [0.5, 0.6) is 0 Å². The van der Waals surface area contributed by atoms with Gasteiger partial charge >= 0.3 is 0 Å². The molecule has 0 radical (unpaired) electrons. The highest BCUT2D eigenvalue weighted by Gasteiger charge is 2.00. The molecule has 0 fully saturated rings. The van der Waals surface area contributed by atoms with E-state index < -0.39 is 0 Å². The van der Waals surface area contributed by atoms with Gasteiger partial charge in [-0.15, -0.1) is 0 Å². The second-order valence-corrected chi connectivity index (χ2v) is 3.81. The van der Waals surface area contributed by atoms with E-state index >= 15 is 0 Å². The Morgan fingerprint density at radius 1 is 0.933 bits per heavy atom. The first kappa shape index (κ1) is 8.62. The predicted octanol–water partition coefficient (Wildman–Crippen LogP) is 3.44. The van der Waals surface area contributed by atoms with Gasteiger partial charge in [-0.05, 0) is 18.2 Å². The third-order valence-corrected chi connectivity index (χ3v) is 2.54. The molecule has 2 nitrogen and oxygen atoms in total. The summed E-state index contributed by atoms with van der Waals surface area (Å²) in [5.74, 6) is 0. The summed E-state index contributed by atoms with van der Waals surface area (Å²) in [5.41, 5.74) is 2.67. The van der Waals surface area contributed by atoms with Crippen molar-refractivity contribution in [2.24, 2.45) is 0 Å². The monoisotopic (exact) mass is 214 g/mol. The van der Waals surface area contributed by atoms with Crippen LogP contribution in [0.3, 0.4) is 0 Å². The van der Waals surface area contributed by atoms with Crippen molar-refractivity contribution in [2.45, 2.75) is 0 Å². The van der Waals surface area contributed by atoms with Crippen LogP contribution in [0.1, 0.15) is 0 Å².